The zero-order valence-corrected chi connectivity index (χ0v) is 20.6. The van der Waals surface area contributed by atoms with Gasteiger partial charge in [-0.15, -0.1) is 0 Å². The third-order valence-electron chi connectivity index (χ3n) is 9.56. The smallest absolute Gasteiger partial charge is 0.144 e. The minimum atomic E-state index is -0.704. The fraction of sp³-hybridized carbons (Fsp3) is 0.767. The summed E-state index contributed by atoms with van der Waals surface area (Å²) in [6, 6.07) is 4.44. The molecule has 3 aliphatic rings. The molecule has 4 atom stereocenters. The standard InChI is InChI=1S/C30H43F2N/c1-2-3-4-5-6-7-21-8-9-26-17-25(15-14-24(26)16-21)22-10-12-23(13-11-22)27-18-29(31)28(20-33)30(32)19-27/h18-19,21-26H,2-17H2,1H3. The lowest BCUT2D eigenvalue weighted by Gasteiger charge is -2.45. The Hall–Kier alpha value is -1.43. The van der Waals surface area contributed by atoms with Crippen LogP contribution in [0.2, 0.25) is 0 Å². The van der Waals surface area contributed by atoms with E-state index in [2.05, 4.69) is 6.92 Å². The highest BCUT2D eigenvalue weighted by Gasteiger charge is 2.38. The summed E-state index contributed by atoms with van der Waals surface area (Å²) < 4.78 is 28.1. The third-order valence-corrected chi connectivity index (χ3v) is 9.56. The van der Waals surface area contributed by atoms with Gasteiger partial charge in [0.25, 0.3) is 0 Å². The van der Waals surface area contributed by atoms with Crippen LogP contribution >= 0.6 is 0 Å². The highest BCUT2D eigenvalue weighted by Crippen LogP contribution is 2.50. The van der Waals surface area contributed by atoms with E-state index in [0.717, 1.165) is 48.0 Å². The molecule has 3 saturated carbocycles. The van der Waals surface area contributed by atoms with Gasteiger partial charge in [0, 0.05) is 0 Å². The van der Waals surface area contributed by atoms with Crippen LogP contribution < -0.4 is 0 Å². The second-order valence-electron chi connectivity index (χ2n) is 11.6. The van der Waals surface area contributed by atoms with Gasteiger partial charge < -0.3 is 0 Å². The van der Waals surface area contributed by atoms with Crippen molar-refractivity contribution >= 4 is 0 Å². The van der Waals surface area contributed by atoms with Gasteiger partial charge in [0.1, 0.15) is 23.3 Å². The topological polar surface area (TPSA) is 23.8 Å². The predicted octanol–water partition coefficient (Wildman–Crippen LogP) is 9.30. The van der Waals surface area contributed by atoms with Gasteiger partial charge in [0.15, 0.2) is 0 Å². The fourth-order valence-corrected chi connectivity index (χ4v) is 7.61. The maximum absolute atomic E-state index is 14.1. The largest absolute Gasteiger partial charge is 0.205 e. The van der Waals surface area contributed by atoms with Crippen LogP contribution in [0.4, 0.5) is 8.78 Å². The first-order chi connectivity index (χ1) is 16.1. The Morgan fingerprint density at radius 2 is 1.33 bits per heavy atom. The molecule has 3 aliphatic carbocycles. The Labute approximate surface area is 200 Å². The maximum atomic E-state index is 14.1. The molecule has 0 amide bonds. The van der Waals surface area contributed by atoms with E-state index in [0.29, 0.717) is 0 Å². The maximum Gasteiger partial charge on any atom is 0.144 e. The second kappa shape index (κ2) is 11.8. The molecule has 0 radical (unpaired) electrons. The van der Waals surface area contributed by atoms with E-state index < -0.39 is 17.2 Å². The van der Waals surface area contributed by atoms with Crippen LogP contribution in [0.1, 0.15) is 127 Å². The van der Waals surface area contributed by atoms with Crippen molar-refractivity contribution in [1.29, 1.82) is 5.26 Å². The van der Waals surface area contributed by atoms with Crippen molar-refractivity contribution in [2.45, 2.75) is 116 Å². The highest BCUT2D eigenvalue weighted by molar-refractivity contribution is 5.36. The van der Waals surface area contributed by atoms with Crippen molar-refractivity contribution in [3.8, 4) is 6.07 Å². The lowest BCUT2D eigenvalue weighted by Crippen LogP contribution is -2.34. The van der Waals surface area contributed by atoms with Gasteiger partial charge in [-0.3, -0.25) is 0 Å². The molecule has 1 nitrogen and oxygen atoms in total. The molecule has 0 aliphatic heterocycles. The summed E-state index contributed by atoms with van der Waals surface area (Å²) in [6.07, 6.45) is 21.6. The van der Waals surface area contributed by atoms with E-state index >= 15 is 0 Å². The quantitative estimate of drug-likeness (QED) is 0.358. The number of nitriles is 1. The average molecular weight is 456 g/mol. The molecule has 0 saturated heterocycles. The predicted molar refractivity (Wildman–Crippen MR) is 131 cm³/mol. The molecular formula is C30H43F2N. The van der Waals surface area contributed by atoms with E-state index in [4.69, 9.17) is 5.26 Å². The first-order valence-corrected chi connectivity index (χ1v) is 14.0. The van der Waals surface area contributed by atoms with Gasteiger partial charge in [0.2, 0.25) is 0 Å². The van der Waals surface area contributed by atoms with Gasteiger partial charge in [0.05, 0.1) is 0 Å². The first-order valence-electron chi connectivity index (χ1n) is 14.0. The molecule has 182 valence electrons. The van der Waals surface area contributed by atoms with E-state index in [1.54, 1.807) is 6.07 Å². The van der Waals surface area contributed by atoms with Crippen LogP contribution in [-0.4, -0.2) is 0 Å². The second-order valence-corrected chi connectivity index (χ2v) is 11.6. The number of rotatable bonds is 8. The Morgan fingerprint density at radius 1 is 0.758 bits per heavy atom. The number of halogens is 2. The van der Waals surface area contributed by atoms with E-state index in [9.17, 15) is 8.78 Å². The summed E-state index contributed by atoms with van der Waals surface area (Å²) >= 11 is 0. The van der Waals surface area contributed by atoms with Crippen molar-refractivity contribution in [2.24, 2.45) is 29.6 Å². The van der Waals surface area contributed by atoms with Gasteiger partial charge in [-0.25, -0.2) is 8.78 Å². The van der Waals surface area contributed by atoms with E-state index in [1.165, 1.54) is 102 Å². The molecule has 0 heterocycles. The van der Waals surface area contributed by atoms with Crippen LogP contribution in [0.15, 0.2) is 12.1 Å². The SMILES string of the molecule is CCCCCCCC1CCC2CC(C3CCC(c4cc(F)c(C#N)c(F)c4)CC3)CCC2C1. The van der Waals surface area contributed by atoms with Crippen molar-refractivity contribution in [2.75, 3.05) is 0 Å². The molecule has 0 N–H and O–H groups in total. The molecule has 4 unspecified atom stereocenters. The van der Waals surface area contributed by atoms with Gasteiger partial charge in [-0.2, -0.15) is 5.26 Å². The summed E-state index contributed by atoms with van der Waals surface area (Å²) in [5.74, 6) is 3.43. The van der Waals surface area contributed by atoms with Gasteiger partial charge in [-0.1, -0.05) is 51.9 Å². The van der Waals surface area contributed by atoms with Gasteiger partial charge >= 0.3 is 0 Å². The Balaban J connectivity index is 1.22. The van der Waals surface area contributed by atoms with Crippen molar-refractivity contribution < 1.29 is 8.78 Å². The van der Waals surface area contributed by atoms with E-state index in [1.807, 2.05) is 0 Å². The third kappa shape index (κ3) is 6.17. The van der Waals surface area contributed by atoms with Crippen LogP contribution in [0, 0.1) is 52.6 Å². The van der Waals surface area contributed by atoms with Gasteiger partial charge in [-0.05, 0) is 111 Å². The summed E-state index contributed by atoms with van der Waals surface area (Å²) in [5, 5.41) is 8.91. The number of benzene rings is 1. The molecule has 3 fully saturated rings. The Kier molecular flexibility index (Phi) is 8.84. The Bertz CT molecular complexity index is 781. The summed E-state index contributed by atoms with van der Waals surface area (Å²) in [5.41, 5.74) is 0.301. The fourth-order valence-electron chi connectivity index (χ4n) is 7.61. The molecule has 1 aromatic rings. The molecule has 33 heavy (non-hydrogen) atoms. The minimum Gasteiger partial charge on any atom is -0.205 e. The first kappa shape index (κ1) is 24.7. The van der Waals surface area contributed by atoms with E-state index in [-0.39, 0.29) is 5.92 Å². The van der Waals surface area contributed by atoms with Crippen LogP contribution in [-0.2, 0) is 0 Å². The monoisotopic (exact) mass is 455 g/mol. The molecule has 0 aromatic heterocycles. The van der Waals surface area contributed by atoms with Crippen molar-refractivity contribution in [1.82, 2.24) is 0 Å². The lowest BCUT2D eigenvalue weighted by molar-refractivity contribution is 0.0613. The molecule has 1 aromatic carbocycles. The summed E-state index contributed by atoms with van der Waals surface area (Å²) in [6.45, 7) is 2.29. The number of fused-ring (bicyclic) bond motifs is 1. The van der Waals surface area contributed by atoms with Crippen molar-refractivity contribution in [3.05, 3.63) is 34.9 Å². The zero-order valence-electron chi connectivity index (χ0n) is 20.6. The molecule has 3 heteroatoms. The number of hydrogen-bond acceptors (Lipinski definition) is 1. The average Bonchev–Trinajstić information content (AvgIpc) is 2.83. The molecule has 0 spiro atoms. The number of unbranched alkanes of at least 4 members (excludes halogenated alkanes) is 4. The number of hydrogen-bond donors (Lipinski definition) is 0. The lowest BCUT2D eigenvalue weighted by atomic mass is 9.60. The highest BCUT2D eigenvalue weighted by atomic mass is 19.1. The zero-order chi connectivity index (χ0) is 23.2. The summed E-state index contributed by atoms with van der Waals surface area (Å²) in [4.78, 5) is 0. The minimum absolute atomic E-state index is 0.238. The van der Waals surface area contributed by atoms with Crippen molar-refractivity contribution in [3.63, 3.8) is 0 Å². The van der Waals surface area contributed by atoms with Crippen LogP contribution in [0.3, 0.4) is 0 Å². The number of nitrogens with zero attached hydrogens (tertiary/aromatic N) is 1. The normalized spacial score (nSPS) is 32.2. The molecule has 0 bridgehead atoms. The summed E-state index contributed by atoms with van der Waals surface area (Å²) in [7, 11) is 0. The molecule has 4 rings (SSSR count). The Morgan fingerprint density at radius 3 is 2.00 bits per heavy atom. The molecular weight excluding hydrogens is 412 g/mol. The van der Waals surface area contributed by atoms with Crippen LogP contribution in [0.25, 0.3) is 0 Å². The van der Waals surface area contributed by atoms with Crippen LogP contribution in [0.5, 0.6) is 0 Å².